The lowest BCUT2D eigenvalue weighted by molar-refractivity contribution is 0.0595. The molecule has 0 spiro atoms. The van der Waals surface area contributed by atoms with E-state index in [1.807, 2.05) is 6.07 Å². The maximum absolute atomic E-state index is 6.00. The van der Waals surface area contributed by atoms with E-state index in [1.165, 1.54) is 0 Å². The molecule has 6 heteroatoms. The summed E-state index contributed by atoms with van der Waals surface area (Å²) in [6.07, 6.45) is 3.96. The number of halogens is 2. The van der Waals surface area contributed by atoms with Crippen LogP contribution in [-0.4, -0.2) is 27.7 Å². The summed E-state index contributed by atoms with van der Waals surface area (Å²) in [6, 6.07) is 2.27. The Morgan fingerprint density at radius 3 is 3.17 bits per heavy atom. The fraction of sp³-hybridized carbons (Fsp3) is 0.500. The Labute approximate surface area is 118 Å². The second kappa shape index (κ2) is 5.15. The van der Waals surface area contributed by atoms with Crippen molar-refractivity contribution < 1.29 is 4.74 Å². The summed E-state index contributed by atoms with van der Waals surface area (Å²) in [7, 11) is 0. The van der Waals surface area contributed by atoms with Crippen LogP contribution in [0.2, 0.25) is 0 Å². The van der Waals surface area contributed by atoms with Gasteiger partial charge in [-0.1, -0.05) is 0 Å². The third-order valence-corrected chi connectivity index (χ3v) is 3.86. The van der Waals surface area contributed by atoms with Gasteiger partial charge < -0.3 is 9.30 Å². The van der Waals surface area contributed by atoms with Gasteiger partial charge in [-0.15, -0.1) is 11.6 Å². The minimum absolute atomic E-state index is 0.297. The number of pyridine rings is 1. The van der Waals surface area contributed by atoms with E-state index in [0.29, 0.717) is 18.5 Å². The molecule has 2 aromatic heterocycles. The summed E-state index contributed by atoms with van der Waals surface area (Å²) in [5.41, 5.74) is 1.77. The highest BCUT2D eigenvalue weighted by Gasteiger charge is 2.22. The van der Waals surface area contributed by atoms with Gasteiger partial charge in [0, 0.05) is 17.3 Å². The standard InChI is InChI=1S/C12H13BrClN3O/c13-8-4-10-12(15-6-8)17(11(5-14)16-10)9-2-1-3-18-7-9/h4,6,9H,1-3,5,7H2. The number of ether oxygens (including phenoxy) is 1. The number of nitrogens with zero attached hydrogens (tertiary/aromatic N) is 3. The van der Waals surface area contributed by atoms with E-state index in [2.05, 4.69) is 30.5 Å². The lowest BCUT2D eigenvalue weighted by atomic mass is 10.1. The first-order valence-electron chi connectivity index (χ1n) is 5.95. The number of alkyl halides is 1. The van der Waals surface area contributed by atoms with Gasteiger partial charge in [0.1, 0.15) is 11.3 Å². The monoisotopic (exact) mass is 329 g/mol. The van der Waals surface area contributed by atoms with E-state index in [1.54, 1.807) is 6.20 Å². The van der Waals surface area contributed by atoms with Crippen LogP contribution in [-0.2, 0) is 10.6 Å². The minimum Gasteiger partial charge on any atom is -0.379 e. The van der Waals surface area contributed by atoms with Crippen molar-refractivity contribution in [1.82, 2.24) is 14.5 Å². The van der Waals surface area contributed by atoms with Gasteiger partial charge in [-0.25, -0.2) is 9.97 Å². The van der Waals surface area contributed by atoms with E-state index in [4.69, 9.17) is 16.3 Å². The van der Waals surface area contributed by atoms with Gasteiger partial charge in [-0.2, -0.15) is 0 Å². The molecule has 96 valence electrons. The molecule has 0 bridgehead atoms. The van der Waals surface area contributed by atoms with Crippen molar-refractivity contribution in [2.45, 2.75) is 24.8 Å². The van der Waals surface area contributed by atoms with E-state index in [0.717, 1.165) is 40.9 Å². The van der Waals surface area contributed by atoms with Crippen LogP contribution in [0.3, 0.4) is 0 Å². The third-order valence-electron chi connectivity index (χ3n) is 3.19. The zero-order valence-corrected chi connectivity index (χ0v) is 12.1. The molecule has 1 aliphatic rings. The normalized spacial score (nSPS) is 20.4. The maximum atomic E-state index is 6.00. The molecular weight excluding hydrogens is 318 g/mol. The topological polar surface area (TPSA) is 39.9 Å². The predicted molar refractivity (Wildman–Crippen MR) is 73.9 cm³/mol. The SMILES string of the molecule is ClCc1nc2cc(Br)cnc2n1C1CCCOC1. The summed E-state index contributed by atoms with van der Waals surface area (Å²) in [5, 5.41) is 0. The lowest BCUT2D eigenvalue weighted by Crippen LogP contribution is -2.22. The molecule has 18 heavy (non-hydrogen) atoms. The van der Waals surface area contributed by atoms with Crippen molar-refractivity contribution in [2.24, 2.45) is 0 Å². The summed E-state index contributed by atoms with van der Waals surface area (Å²) in [6.45, 7) is 1.56. The molecule has 0 radical (unpaired) electrons. The fourth-order valence-corrected chi connectivity index (χ4v) is 2.92. The number of imidazole rings is 1. The van der Waals surface area contributed by atoms with Crippen molar-refractivity contribution in [1.29, 1.82) is 0 Å². The summed E-state index contributed by atoms with van der Waals surface area (Å²) in [4.78, 5) is 9.01. The van der Waals surface area contributed by atoms with Crippen LogP contribution in [0, 0.1) is 0 Å². The second-order valence-corrected chi connectivity index (χ2v) is 5.58. The smallest absolute Gasteiger partial charge is 0.160 e. The number of rotatable bonds is 2. The minimum atomic E-state index is 0.297. The molecule has 1 fully saturated rings. The number of fused-ring (bicyclic) bond motifs is 1. The molecule has 0 aromatic carbocycles. The largest absolute Gasteiger partial charge is 0.379 e. The van der Waals surface area contributed by atoms with Crippen molar-refractivity contribution in [3.63, 3.8) is 0 Å². The number of hydrogen-bond donors (Lipinski definition) is 0. The Balaban J connectivity index is 2.12. The van der Waals surface area contributed by atoms with Crippen molar-refractivity contribution in [3.05, 3.63) is 22.6 Å². The molecule has 0 amide bonds. The van der Waals surface area contributed by atoms with Gasteiger partial charge in [0.05, 0.1) is 18.5 Å². The van der Waals surface area contributed by atoms with Gasteiger partial charge in [0.2, 0.25) is 0 Å². The average molecular weight is 331 g/mol. The van der Waals surface area contributed by atoms with Crippen LogP contribution >= 0.6 is 27.5 Å². The Morgan fingerprint density at radius 1 is 1.56 bits per heavy atom. The van der Waals surface area contributed by atoms with Gasteiger partial charge >= 0.3 is 0 Å². The highest BCUT2D eigenvalue weighted by molar-refractivity contribution is 9.10. The highest BCUT2D eigenvalue weighted by Crippen LogP contribution is 2.27. The first-order valence-corrected chi connectivity index (χ1v) is 7.28. The summed E-state index contributed by atoms with van der Waals surface area (Å²) < 4.78 is 8.61. The van der Waals surface area contributed by atoms with E-state index in [9.17, 15) is 0 Å². The highest BCUT2D eigenvalue weighted by atomic mass is 79.9. The molecule has 1 atom stereocenters. The number of hydrogen-bond acceptors (Lipinski definition) is 3. The molecule has 1 aliphatic heterocycles. The van der Waals surface area contributed by atoms with Crippen LogP contribution in [0.1, 0.15) is 24.7 Å². The Kier molecular flexibility index (Phi) is 3.54. The van der Waals surface area contributed by atoms with Crippen LogP contribution in [0.5, 0.6) is 0 Å². The summed E-state index contributed by atoms with van der Waals surface area (Å²) >= 11 is 9.41. The first-order chi connectivity index (χ1) is 8.79. The number of aromatic nitrogens is 3. The predicted octanol–water partition coefficient (Wildman–Crippen LogP) is 3.28. The van der Waals surface area contributed by atoms with Crippen molar-refractivity contribution >= 4 is 38.7 Å². The van der Waals surface area contributed by atoms with Crippen molar-refractivity contribution in [2.75, 3.05) is 13.2 Å². The van der Waals surface area contributed by atoms with Gasteiger partial charge in [-0.05, 0) is 34.8 Å². The lowest BCUT2D eigenvalue weighted by Gasteiger charge is -2.24. The Morgan fingerprint density at radius 2 is 2.44 bits per heavy atom. The van der Waals surface area contributed by atoms with E-state index >= 15 is 0 Å². The molecule has 0 aliphatic carbocycles. The molecule has 3 rings (SSSR count). The average Bonchev–Trinajstić information content (AvgIpc) is 2.77. The van der Waals surface area contributed by atoms with Crippen LogP contribution < -0.4 is 0 Å². The third kappa shape index (κ3) is 2.15. The molecule has 0 saturated carbocycles. The molecule has 2 aromatic rings. The van der Waals surface area contributed by atoms with Crippen LogP contribution in [0.4, 0.5) is 0 Å². The van der Waals surface area contributed by atoms with Crippen molar-refractivity contribution in [3.8, 4) is 0 Å². The molecule has 1 unspecified atom stereocenters. The second-order valence-electron chi connectivity index (χ2n) is 4.40. The van der Waals surface area contributed by atoms with E-state index in [-0.39, 0.29) is 0 Å². The van der Waals surface area contributed by atoms with Crippen LogP contribution in [0.15, 0.2) is 16.7 Å². The molecule has 3 heterocycles. The quantitative estimate of drug-likeness (QED) is 0.793. The molecule has 1 saturated heterocycles. The van der Waals surface area contributed by atoms with Crippen LogP contribution in [0.25, 0.3) is 11.2 Å². The summed E-state index contributed by atoms with van der Waals surface area (Å²) in [5.74, 6) is 1.26. The first kappa shape index (κ1) is 12.4. The zero-order valence-electron chi connectivity index (χ0n) is 9.77. The molecular formula is C12H13BrClN3O. The Hall–Kier alpha value is -0.650. The van der Waals surface area contributed by atoms with Gasteiger partial charge in [0.15, 0.2) is 5.65 Å². The van der Waals surface area contributed by atoms with Gasteiger partial charge in [-0.3, -0.25) is 0 Å². The fourth-order valence-electron chi connectivity index (χ4n) is 2.41. The van der Waals surface area contributed by atoms with Gasteiger partial charge in [0.25, 0.3) is 0 Å². The Bertz CT molecular complexity index is 566. The van der Waals surface area contributed by atoms with E-state index < -0.39 is 0 Å². The zero-order chi connectivity index (χ0) is 12.5. The molecule has 0 N–H and O–H groups in total. The maximum Gasteiger partial charge on any atom is 0.160 e. The molecule has 4 nitrogen and oxygen atoms in total.